The lowest BCUT2D eigenvalue weighted by Crippen LogP contribution is -2.24. The van der Waals surface area contributed by atoms with Crippen LogP contribution in [0.25, 0.3) is 0 Å². The minimum Gasteiger partial charge on any atom is -0.483 e. The average Bonchev–Trinajstić information content (AvgIpc) is 2.54. The molecule has 0 aliphatic heterocycles. The number of ether oxygens (including phenoxy) is 1. The highest BCUT2D eigenvalue weighted by Gasteiger charge is 2.06. The Balaban J connectivity index is 1.83. The topological polar surface area (TPSA) is 50.7 Å². The molecule has 0 spiro atoms. The lowest BCUT2D eigenvalue weighted by atomic mass is 10.1. The van der Waals surface area contributed by atoms with E-state index < -0.39 is 5.91 Å². The van der Waals surface area contributed by atoms with E-state index in [1.54, 1.807) is 12.1 Å². The quantitative estimate of drug-likeness (QED) is 0.570. The van der Waals surface area contributed by atoms with E-state index in [0.29, 0.717) is 11.3 Å². The molecule has 1 N–H and O–H groups in total. The van der Waals surface area contributed by atoms with Crippen molar-refractivity contribution in [3.8, 4) is 5.75 Å². The van der Waals surface area contributed by atoms with Gasteiger partial charge in [-0.05, 0) is 57.7 Å². The number of rotatable bonds is 7. The SMILES string of the molecule is CCCc1ccc(OCC(=O)N/N=C/c2cccc(F)c2)c(Br)c1. The van der Waals surface area contributed by atoms with E-state index in [1.807, 2.05) is 18.2 Å². The number of hydrogen-bond donors (Lipinski definition) is 1. The highest BCUT2D eigenvalue weighted by Crippen LogP contribution is 2.26. The van der Waals surface area contributed by atoms with Crippen molar-refractivity contribution in [2.45, 2.75) is 19.8 Å². The van der Waals surface area contributed by atoms with Crippen molar-refractivity contribution in [1.82, 2.24) is 5.43 Å². The van der Waals surface area contributed by atoms with E-state index >= 15 is 0 Å². The molecule has 6 heteroatoms. The van der Waals surface area contributed by atoms with Gasteiger partial charge in [0.1, 0.15) is 11.6 Å². The maximum Gasteiger partial charge on any atom is 0.277 e. The number of aryl methyl sites for hydroxylation is 1. The van der Waals surface area contributed by atoms with Gasteiger partial charge >= 0.3 is 0 Å². The number of benzene rings is 2. The molecule has 0 saturated carbocycles. The molecule has 2 aromatic rings. The van der Waals surface area contributed by atoms with E-state index in [1.165, 1.54) is 23.9 Å². The molecule has 0 atom stereocenters. The smallest absolute Gasteiger partial charge is 0.277 e. The fourth-order valence-corrected chi connectivity index (χ4v) is 2.59. The number of halogens is 2. The first-order chi connectivity index (χ1) is 11.6. The Hall–Kier alpha value is -2.21. The van der Waals surface area contributed by atoms with Crippen LogP contribution in [0.3, 0.4) is 0 Å². The maximum absolute atomic E-state index is 13.0. The van der Waals surface area contributed by atoms with E-state index in [0.717, 1.165) is 17.3 Å². The standard InChI is InChI=1S/C18H18BrFN2O2/c1-2-4-13-7-8-17(16(19)10-13)24-12-18(23)22-21-11-14-5-3-6-15(20)9-14/h3,5-11H,2,4,12H2,1H3,(H,22,23)/b21-11+. The summed E-state index contributed by atoms with van der Waals surface area (Å²) in [6.07, 6.45) is 3.43. The van der Waals surface area contributed by atoms with Gasteiger partial charge in [0.25, 0.3) is 5.91 Å². The molecule has 126 valence electrons. The molecule has 0 radical (unpaired) electrons. The van der Waals surface area contributed by atoms with Crippen LogP contribution < -0.4 is 10.2 Å². The Bertz CT molecular complexity index is 735. The first kappa shape index (κ1) is 18.1. The first-order valence-electron chi connectivity index (χ1n) is 7.57. The molecule has 4 nitrogen and oxygen atoms in total. The van der Waals surface area contributed by atoms with E-state index in [-0.39, 0.29) is 12.4 Å². The number of hydrogen-bond acceptors (Lipinski definition) is 3. The van der Waals surface area contributed by atoms with Gasteiger partial charge in [-0.2, -0.15) is 5.10 Å². The molecule has 2 rings (SSSR count). The maximum atomic E-state index is 13.0. The summed E-state index contributed by atoms with van der Waals surface area (Å²) >= 11 is 3.44. The van der Waals surface area contributed by atoms with Crippen molar-refractivity contribution in [1.29, 1.82) is 0 Å². The van der Waals surface area contributed by atoms with Gasteiger partial charge in [-0.25, -0.2) is 9.82 Å². The second-order valence-corrected chi connectivity index (χ2v) is 6.01. The van der Waals surface area contributed by atoms with Crippen molar-refractivity contribution in [2.24, 2.45) is 5.10 Å². The number of hydrazone groups is 1. The van der Waals surface area contributed by atoms with Gasteiger partial charge in [0.15, 0.2) is 6.61 Å². The van der Waals surface area contributed by atoms with Crippen LogP contribution in [0.5, 0.6) is 5.75 Å². The molecule has 0 aliphatic rings. The Morgan fingerprint density at radius 2 is 2.17 bits per heavy atom. The third-order valence-electron chi connectivity index (χ3n) is 3.15. The van der Waals surface area contributed by atoms with Crippen LogP contribution in [0, 0.1) is 5.82 Å². The number of carbonyl (C=O) groups is 1. The summed E-state index contributed by atoms with van der Waals surface area (Å²) in [5.74, 6) is -0.156. The summed E-state index contributed by atoms with van der Waals surface area (Å²) in [6.45, 7) is 1.96. The van der Waals surface area contributed by atoms with E-state index in [4.69, 9.17) is 4.74 Å². The van der Waals surface area contributed by atoms with E-state index in [2.05, 4.69) is 33.4 Å². The monoisotopic (exact) mass is 392 g/mol. The van der Waals surface area contributed by atoms with Crippen LogP contribution in [0.2, 0.25) is 0 Å². The summed E-state index contributed by atoms with van der Waals surface area (Å²) in [7, 11) is 0. The summed E-state index contributed by atoms with van der Waals surface area (Å²) in [6, 6.07) is 11.7. The zero-order chi connectivity index (χ0) is 17.4. The third-order valence-corrected chi connectivity index (χ3v) is 3.76. The number of carbonyl (C=O) groups excluding carboxylic acids is 1. The highest BCUT2D eigenvalue weighted by molar-refractivity contribution is 9.10. The van der Waals surface area contributed by atoms with Gasteiger partial charge in [0.2, 0.25) is 0 Å². The molecule has 0 unspecified atom stereocenters. The van der Waals surface area contributed by atoms with E-state index in [9.17, 15) is 9.18 Å². The van der Waals surface area contributed by atoms with Gasteiger partial charge in [-0.3, -0.25) is 4.79 Å². The van der Waals surface area contributed by atoms with Gasteiger partial charge in [0.05, 0.1) is 10.7 Å². The van der Waals surface area contributed by atoms with Crippen LogP contribution in [-0.2, 0) is 11.2 Å². The fraction of sp³-hybridized carbons (Fsp3) is 0.222. The fourth-order valence-electron chi connectivity index (χ4n) is 2.05. The zero-order valence-corrected chi connectivity index (χ0v) is 14.8. The molecule has 0 saturated heterocycles. The molecule has 0 fully saturated rings. The molecule has 24 heavy (non-hydrogen) atoms. The molecular weight excluding hydrogens is 375 g/mol. The molecule has 1 amide bonds. The van der Waals surface area contributed by atoms with Gasteiger partial charge in [0, 0.05) is 0 Å². The highest BCUT2D eigenvalue weighted by atomic mass is 79.9. The Kier molecular flexibility index (Phi) is 6.93. The third kappa shape index (κ3) is 5.77. The normalized spacial score (nSPS) is 10.8. The van der Waals surface area contributed by atoms with Crippen molar-refractivity contribution in [3.63, 3.8) is 0 Å². The van der Waals surface area contributed by atoms with Crippen molar-refractivity contribution in [3.05, 3.63) is 63.9 Å². The van der Waals surface area contributed by atoms with Crippen molar-refractivity contribution in [2.75, 3.05) is 6.61 Å². The molecule has 0 aromatic heterocycles. The van der Waals surface area contributed by atoms with Crippen LogP contribution in [0.1, 0.15) is 24.5 Å². The Labute approximate surface area is 148 Å². The molecule has 0 aliphatic carbocycles. The summed E-state index contributed by atoms with van der Waals surface area (Å²) in [5, 5.41) is 3.77. The van der Waals surface area contributed by atoms with Crippen LogP contribution in [0.15, 0.2) is 52.0 Å². The summed E-state index contributed by atoms with van der Waals surface area (Å²) in [5.41, 5.74) is 4.11. The van der Waals surface area contributed by atoms with Crippen molar-refractivity contribution < 1.29 is 13.9 Å². The summed E-state index contributed by atoms with van der Waals surface area (Å²) in [4.78, 5) is 11.7. The molecule has 0 bridgehead atoms. The number of amides is 1. The molecular formula is C18H18BrFN2O2. The number of nitrogens with one attached hydrogen (secondary N) is 1. The minimum atomic E-state index is -0.396. The average molecular weight is 393 g/mol. The van der Waals surface area contributed by atoms with Gasteiger partial charge in [-0.1, -0.05) is 31.5 Å². The molecule has 2 aromatic carbocycles. The van der Waals surface area contributed by atoms with Crippen LogP contribution in [0.4, 0.5) is 4.39 Å². The minimum absolute atomic E-state index is 0.161. The van der Waals surface area contributed by atoms with Crippen molar-refractivity contribution >= 4 is 28.1 Å². The Morgan fingerprint density at radius 1 is 1.33 bits per heavy atom. The lowest BCUT2D eigenvalue weighted by molar-refractivity contribution is -0.123. The zero-order valence-electron chi connectivity index (χ0n) is 13.3. The largest absolute Gasteiger partial charge is 0.483 e. The van der Waals surface area contributed by atoms with Crippen LogP contribution >= 0.6 is 15.9 Å². The predicted octanol–water partition coefficient (Wildman–Crippen LogP) is 4.07. The second-order valence-electron chi connectivity index (χ2n) is 5.15. The second kappa shape index (κ2) is 9.17. The first-order valence-corrected chi connectivity index (χ1v) is 8.36. The van der Waals surface area contributed by atoms with Gasteiger partial charge in [-0.15, -0.1) is 0 Å². The van der Waals surface area contributed by atoms with Gasteiger partial charge < -0.3 is 4.74 Å². The lowest BCUT2D eigenvalue weighted by Gasteiger charge is -2.08. The van der Waals surface area contributed by atoms with Crippen LogP contribution in [-0.4, -0.2) is 18.7 Å². The molecule has 0 heterocycles. The predicted molar refractivity (Wildman–Crippen MR) is 95.8 cm³/mol. The number of nitrogens with zero attached hydrogens (tertiary/aromatic N) is 1. The summed E-state index contributed by atoms with van der Waals surface area (Å²) < 4.78 is 19.3. The Morgan fingerprint density at radius 3 is 2.88 bits per heavy atom.